The van der Waals surface area contributed by atoms with Crippen molar-refractivity contribution >= 4 is 23.3 Å². The summed E-state index contributed by atoms with van der Waals surface area (Å²) in [5.41, 5.74) is 8.18. The van der Waals surface area contributed by atoms with Crippen LogP contribution in [0.2, 0.25) is 0 Å². The Kier molecular flexibility index (Phi) is 5.70. The molecule has 0 unspecified atom stereocenters. The summed E-state index contributed by atoms with van der Waals surface area (Å²) in [5, 5.41) is 6.11. The van der Waals surface area contributed by atoms with Crippen LogP contribution in [-0.2, 0) is 11.2 Å². The van der Waals surface area contributed by atoms with Crippen molar-refractivity contribution in [3.63, 3.8) is 0 Å². The van der Waals surface area contributed by atoms with Crippen molar-refractivity contribution in [3.8, 4) is 11.4 Å². The summed E-state index contributed by atoms with van der Waals surface area (Å²) in [5.74, 6) is 0.912. The molecule has 30 heavy (non-hydrogen) atoms. The first-order chi connectivity index (χ1) is 14.6. The molecule has 4 rings (SSSR count). The molecule has 3 aromatic rings. The molecule has 2 amide bonds. The zero-order valence-electron chi connectivity index (χ0n) is 16.5. The van der Waals surface area contributed by atoms with E-state index in [1.165, 1.54) is 19.0 Å². The lowest BCUT2D eigenvalue weighted by molar-refractivity contribution is -0.120. The average Bonchev–Trinajstić information content (AvgIpc) is 3.59. The number of amides is 2. The van der Waals surface area contributed by atoms with Crippen LogP contribution in [0.5, 0.6) is 0 Å². The fourth-order valence-electron chi connectivity index (χ4n) is 3.05. The van der Waals surface area contributed by atoms with Crippen molar-refractivity contribution < 1.29 is 9.59 Å². The minimum absolute atomic E-state index is 0.0296. The Morgan fingerprint density at radius 2 is 1.77 bits per heavy atom. The Morgan fingerprint density at radius 3 is 2.43 bits per heavy atom. The van der Waals surface area contributed by atoms with Gasteiger partial charge in [-0.3, -0.25) is 9.59 Å². The monoisotopic (exact) mass is 401 g/mol. The van der Waals surface area contributed by atoms with Gasteiger partial charge in [-0.15, -0.1) is 0 Å². The number of nitrogens with two attached hydrogens (primary N) is 1. The van der Waals surface area contributed by atoms with Crippen LogP contribution in [0.15, 0.2) is 60.8 Å². The van der Waals surface area contributed by atoms with Crippen LogP contribution in [0.1, 0.15) is 28.8 Å². The van der Waals surface area contributed by atoms with Crippen LogP contribution in [0.25, 0.3) is 11.4 Å². The highest BCUT2D eigenvalue weighted by Gasteiger charge is 2.21. The Labute approximate surface area is 174 Å². The second kappa shape index (κ2) is 8.73. The fourth-order valence-corrected chi connectivity index (χ4v) is 3.05. The van der Waals surface area contributed by atoms with Crippen molar-refractivity contribution in [3.05, 3.63) is 71.9 Å². The standard InChI is InChI=1S/C23H23N5O2/c24-21(30)19-14-26-22(17-4-2-1-3-5-17)28-23(19)27-18-10-8-15(9-11-18)12-20(29)25-13-16-6-7-16/h1-5,8-11,14,16H,6-7,12-13H2,(H2,24,30)(H,25,29)(H,26,27,28). The third-order valence-corrected chi connectivity index (χ3v) is 4.95. The lowest BCUT2D eigenvalue weighted by Gasteiger charge is -2.11. The Morgan fingerprint density at radius 1 is 1.03 bits per heavy atom. The maximum absolute atomic E-state index is 12.0. The third kappa shape index (κ3) is 5.00. The molecule has 4 N–H and O–H groups in total. The van der Waals surface area contributed by atoms with E-state index in [4.69, 9.17) is 5.73 Å². The second-order valence-corrected chi connectivity index (χ2v) is 7.43. The largest absolute Gasteiger partial charge is 0.365 e. The number of primary amides is 1. The lowest BCUT2D eigenvalue weighted by atomic mass is 10.1. The van der Waals surface area contributed by atoms with Crippen molar-refractivity contribution in [1.29, 1.82) is 0 Å². The molecular formula is C23H23N5O2. The maximum atomic E-state index is 12.0. The number of rotatable bonds is 8. The molecule has 0 spiro atoms. The fraction of sp³-hybridized carbons (Fsp3) is 0.217. The molecule has 0 aliphatic heterocycles. The highest BCUT2D eigenvalue weighted by Crippen LogP contribution is 2.27. The Balaban J connectivity index is 1.48. The summed E-state index contributed by atoms with van der Waals surface area (Å²) in [6.07, 6.45) is 4.19. The molecule has 1 aliphatic carbocycles. The van der Waals surface area contributed by atoms with Crippen LogP contribution in [0.4, 0.5) is 11.5 Å². The Hall–Kier alpha value is -3.74. The molecule has 2 aromatic carbocycles. The van der Waals surface area contributed by atoms with Gasteiger partial charge in [-0.25, -0.2) is 9.97 Å². The molecule has 7 heteroatoms. The van der Waals surface area contributed by atoms with E-state index in [0.29, 0.717) is 24.0 Å². The minimum atomic E-state index is -0.610. The van der Waals surface area contributed by atoms with Gasteiger partial charge in [0, 0.05) is 24.0 Å². The second-order valence-electron chi connectivity index (χ2n) is 7.43. The zero-order chi connectivity index (χ0) is 20.9. The quantitative estimate of drug-likeness (QED) is 0.537. The van der Waals surface area contributed by atoms with Crippen molar-refractivity contribution in [2.75, 3.05) is 11.9 Å². The molecule has 0 radical (unpaired) electrons. The molecule has 0 saturated heterocycles. The first-order valence-electron chi connectivity index (χ1n) is 9.93. The van der Waals surface area contributed by atoms with Gasteiger partial charge < -0.3 is 16.4 Å². The van der Waals surface area contributed by atoms with Crippen LogP contribution in [0, 0.1) is 5.92 Å². The number of nitrogens with zero attached hydrogens (tertiary/aromatic N) is 2. The molecular weight excluding hydrogens is 378 g/mol. The molecule has 1 saturated carbocycles. The number of carbonyl (C=O) groups is 2. The Bertz CT molecular complexity index is 1050. The van der Waals surface area contributed by atoms with Crippen molar-refractivity contribution in [2.45, 2.75) is 19.3 Å². The first kappa shape index (κ1) is 19.6. The van der Waals surface area contributed by atoms with Gasteiger partial charge in [0.2, 0.25) is 5.91 Å². The number of benzene rings is 2. The summed E-state index contributed by atoms with van der Waals surface area (Å²) in [7, 11) is 0. The van der Waals surface area contributed by atoms with Crippen molar-refractivity contribution in [2.24, 2.45) is 11.7 Å². The van der Waals surface area contributed by atoms with E-state index in [9.17, 15) is 9.59 Å². The predicted molar refractivity (Wildman–Crippen MR) is 115 cm³/mol. The van der Waals surface area contributed by atoms with E-state index in [1.54, 1.807) is 0 Å². The number of anilines is 2. The summed E-state index contributed by atoms with van der Waals surface area (Å²) in [4.78, 5) is 32.6. The summed E-state index contributed by atoms with van der Waals surface area (Å²) in [6, 6.07) is 16.9. The van der Waals surface area contributed by atoms with Crippen LogP contribution >= 0.6 is 0 Å². The maximum Gasteiger partial charge on any atom is 0.254 e. The topological polar surface area (TPSA) is 110 Å². The van der Waals surface area contributed by atoms with E-state index >= 15 is 0 Å². The van der Waals surface area contributed by atoms with Gasteiger partial charge in [0.1, 0.15) is 11.4 Å². The number of hydrogen-bond acceptors (Lipinski definition) is 5. The highest BCUT2D eigenvalue weighted by atomic mass is 16.1. The molecule has 0 atom stereocenters. The molecule has 7 nitrogen and oxygen atoms in total. The number of carbonyl (C=O) groups excluding carboxylic acids is 2. The SMILES string of the molecule is NC(=O)c1cnc(-c2ccccc2)nc1Nc1ccc(CC(=O)NCC2CC2)cc1. The van der Waals surface area contributed by atoms with Gasteiger partial charge in [-0.05, 0) is 36.5 Å². The number of aromatic nitrogens is 2. The van der Waals surface area contributed by atoms with Gasteiger partial charge in [0.25, 0.3) is 5.91 Å². The molecule has 1 aromatic heterocycles. The average molecular weight is 401 g/mol. The smallest absolute Gasteiger partial charge is 0.254 e. The van der Waals surface area contributed by atoms with Crippen molar-refractivity contribution in [1.82, 2.24) is 15.3 Å². The molecule has 1 heterocycles. The van der Waals surface area contributed by atoms with Crippen LogP contribution < -0.4 is 16.4 Å². The van der Waals surface area contributed by atoms with E-state index in [0.717, 1.165) is 23.4 Å². The normalized spacial score (nSPS) is 12.9. The highest BCUT2D eigenvalue weighted by molar-refractivity contribution is 5.98. The van der Waals surface area contributed by atoms with E-state index in [-0.39, 0.29) is 11.5 Å². The molecule has 152 valence electrons. The molecule has 1 aliphatic rings. The molecule has 1 fully saturated rings. The number of hydrogen-bond donors (Lipinski definition) is 3. The minimum Gasteiger partial charge on any atom is -0.365 e. The van der Waals surface area contributed by atoms with E-state index in [1.807, 2.05) is 54.6 Å². The number of nitrogens with one attached hydrogen (secondary N) is 2. The summed E-state index contributed by atoms with van der Waals surface area (Å²) < 4.78 is 0. The van der Waals surface area contributed by atoms with E-state index in [2.05, 4.69) is 20.6 Å². The first-order valence-corrected chi connectivity index (χ1v) is 9.93. The van der Waals surface area contributed by atoms with E-state index < -0.39 is 5.91 Å². The van der Waals surface area contributed by atoms with Gasteiger partial charge in [-0.2, -0.15) is 0 Å². The molecule has 0 bridgehead atoms. The van der Waals surface area contributed by atoms with Gasteiger partial charge in [0.15, 0.2) is 5.82 Å². The summed E-state index contributed by atoms with van der Waals surface area (Å²) in [6.45, 7) is 0.770. The van der Waals surface area contributed by atoms with Gasteiger partial charge in [-0.1, -0.05) is 42.5 Å². The lowest BCUT2D eigenvalue weighted by Crippen LogP contribution is -2.27. The summed E-state index contributed by atoms with van der Waals surface area (Å²) >= 11 is 0. The van der Waals surface area contributed by atoms with Gasteiger partial charge in [0.05, 0.1) is 6.42 Å². The predicted octanol–water partition coefficient (Wildman–Crippen LogP) is 3.05. The van der Waals surface area contributed by atoms with Crippen LogP contribution in [-0.4, -0.2) is 28.3 Å². The van der Waals surface area contributed by atoms with Gasteiger partial charge >= 0.3 is 0 Å². The zero-order valence-corrected chi connectivity index (χ0v) is 16.5. The third-order valence-electron chi connectivity index (χ3n) is 4.95. The van der Waals surface area contributed by atoms with Crippen LogP contribution in [0.3, 0.4) is 0 Å².